The topological polar surface area (TPSA) is 107 Å². The minimum absolute atomic E-state index is 0.109. The molecule has 5 unspecified atom stereocenters. The van der Waals surface area contributed by atoms with Crippen molar-refractivity contribution < 1.29 is 30.0 Å². The van der Waals surface area contributed by atoms with Gasteiger partial charge in [0.25, 0.3) is 0 Å². The molecule has 12 atom stereocenters. The predicted molar refractivity (Wildman–Crippen MR) is 176 cm³/mol. The molecule has 4 aliphatic rings. The molecule has 4 saturated carbocycles. The van der Waals surface area contributed by atoms with Gasteiger partial charge in [-0.1, -0.05) is 79.1 Å². The lowest BCUT2D eigenvalue weighted by atomic mass is 9.40. The van der Waals surface area contributed by atoms with Gasteiger partial charge in [-0.15, -0.1) is 0 Å². The van der Waals surface area contributed by atoms with Crippen molar-refractivity contribution in [2.75, 3.05) is 19.8 Å². The fourth-order valence-electron chi connectivity index (χ4n) is 11.9. The quantitative estimate of drug-likeness (QED) is 0.116. The van der Waals surface area contributed by atoms with Gasteiger partial charge >= 0.3 is 5.97 Å². The lowest BCUT2D eigenvalue weighted by Gasteiger charge is -2.65. The van der Waals surface area contributed by atoms with Crippen LogP contribution in [0.2, 0.25) is 0 Å². The molecule has 4 fully saturated rings. The maximum atomic E-state index is 12.0. The van der Waals surface area contributed by atoms with Crippen molar-refractivity contribution in [3.05, 3.63) is 0 Å². The molecule has 0 amide bonds. The molecule has 256 valence electrons. The van der Waals surface area contributed by atoms with E-state index >= 15 is 0 Å². The molecule has 4 aliphatic carbocycles. The van der Waals surface area contributed by atoms with E-state index in [1.54, 1.807) is 0 Å². The van der Waals surface area contributed by atoms with Crippen molar-refractivity contribution in [3.8, 4) is 0 Å². The van der Waals surface area contributed by atoms with Crippen LogP contribution in [-0.4, -0.2) is 58.4 Å². The molecule has 0 aromatic rings. The normalized spacial score (nSPS) is 39.7. The van der Waals surface area contributed by atoms with Gasteiger partial charge < -0.3 is 25.2 Å². The summed E-state index contributed by atoms with van der Waals surface area (Å²) in [7, 11) is 0. The fourth-order valence-corrected chi connectivity index (χ4v) is 11.9. The Hall–Kier alpha value is -0.690. The summed E-state index contributed by atoms with van der Waals surface area (Å²) in [6, 6.07) is 0. The molecule has 0 heterocycles. The van der Waals surface area contributed by atoms with Gasteiger partial charge in [-0.3, -0.25) is 4.79 Å². The lowest BCUT2D eigenvalue weighted by Crippen LogP contribution is -2.61. The molecule has 4 N–H and O–H groups in total. The Kier molecular flexibility index (Phi) is 13.5. The second-order valence-electron chi connectivity index (χ2n) is 16.2. The highest BCUT2D eigenvalue weighted by molar-refractivity contribution is 5.66. The van der Waals surface area contributed by atoms with Crippen LogP contribution in [0.5, 0.6) is 0 Å². The van der Waals surface area contributed by atoms with E-state index in [1.165, 1.54) is 70.6 Å². The standard InChI is InChI=1S/C38H68O6/c1-5-27(13-11-9-7-6-8-10-12-21-44-22-20-39)33-24-29(40)23-28-15-16-30-32-18-17-31(26(2)14-19-36(42)43)38(32,4)35(41)25-34(30)37(28,33)3/h26-35,39-41H,5-25H2,1-4H3,(H,42,43)/t26-,27?,28-,29+,30?,31-,32?,33?,34?,35+,37-,38-/m1/s1. The van der Waals surface area contributed by atoms with Gasteiger partial charge in [0.2, 0.25) is 0 Å². The van der Waals surface area contributed by atoms with Gasteiger partial charge in [-0.05, 0) is 116 Å². The molecule has 44 heavy (non-hydrogen) atoms. The molecule has 0 aromatic carbocycles. The van der Waals surface area contributed by atoms with E-state index in [0.717, 1.165) is 38.7 Å². The molecule has 0 spiro atoms. The van der Waals surface area contributed by atoms with Gasteiger partial charge in [0.05, 0.1) is 25.4 Å². The fraction of sp³-hybridized carbons (Fsp3) is 0.974. The first-order valence-electron chi connectivity index (χ1n) is 18.8. The van der Waals surface area contributed by atoms with E-state index in [-0.39, 0.29) is 36.1 Å². The van der Waals surface area contributed by atoms with Crippen LogP contribution >= 0.6 is 0 Å². The number of unbranched alkanes of at least 4 members (excludes halogenated alkanes) is 6. The number of carboxylic acids is 1. The first kappa shape index (κ1) is 36.2. The van der Waals surface area contributed by atoms with Crippen LogP contribution in [-0.2, 0) is 9.53 Å². The second-order valence-corrected chi connectivity index (χ2v) is 16.2. The minimum Gasteiger partial charge on any atom is -0.481 e. The summed E-state index contributed by atoms with van der Waals surface area (Å²) in [5.74, 6) is 3.43. The molecule has 0 saturated heterocycles. The van der Waals surface area contributed by atoms with Gasteiger partial charge in [0.15, 0.2) is 0 Å². The van der Waals surface area contributed by atoms with Crippen molar-refractivity contribution in [1.82, 2.24) is 0 Å². The number of aliphatic carboxylic acids is 1. The highest BCUT2D eigenvalue weighted by atomic mass is 16.5. The van der Waals surface area contributed by atoms with E-state index in [9.17, 15) is 20.1 Å². The molecule has 6 heteroatoms. The Morgan fingerprint density at radius 2 is 1.52 bits per heavy atom. The van der Waals surface area contributed by atoms with Crippen LogP contribution in [0.25, 0.3) is 0 Å². The Morgan fingerprint density at radius 1 is 0.818 bits per heavy atom. The van der Waals surface area contributed by atoms with E-state index in [4.69, 9.17) is 9.84 Å². The van der Waals surface area contributed by atoms with Gasteiger partial charge in [-0.25, -0.2) is 0 Å². The Labute approximate surface area is 269 Å². The number of hydrogen-bond acceptors (Lipinski definition) is 5. The summed E-state index contributed by atoms with van der Waals surface area (Å²) in [5, 5.41) is 41.3. The number of ether oxygens (including phenoxy) is 1. The molecule has 0 aliphatic heterocycles. The van der Waals surface area contributed by atoms with E-state index in [1.807, 2.05) is 0 Å². The van der Waals surface area contributed by atoms with Crippen LogP contribution in [0.15, 0.2) is 0 Å². The Morgan fingerprint density at radius 3 is 2.20 bits per heavy atom. The maximum Gasteiger partial charge on any atom is 0.303 e. The van der Waals surface area contributed by atoms with E-state index < -0.39 is 5.97 Å². The van der Waals surface area contributed by atoms with Crippen LogP contribution < -0.4 is 0 Å². The summed E-state index contributed by atoms with van der Waals surface area (Å²) < 4.78 is 5.37. The zero-order valence-electron chi connectivity index (χ0n) is 28.7. The van der Waals surface area contributed by atoms with Gasteiger partial charge in [0.1, 0.15) is 0 Å². The van der Waals surface area contributed by atoms with Crippen LogP contribution in [0.3, 0.4) is 0 Å². The molecule has 0 aromatic heterocycles. The SMILES string of the molecule is CCC(CCCCCCCCCOCCO)C1C[C@@H](O)C[C@H]2CCC3C(C[C@H](O)[C@@]4(C)C3CC[C@@H]4[C@H](C)CCC(=O)O)[C@@]12C. The third-order valence-corrected chi connectivity index (χ3v) is 14.2. The first-order valence-corrected chi connectivity index (χ1v) is 18.8. The number of aliphatic hydroxyl groups is 3. The summed E-state index contributed by atoms with van der Waals surface area (Å²) in [6.45, 7) is 10.9. The van der Waals surface area contributed by atoms with Crippen LogP contribution in [0.1, 0.15) is 143 Å². The lowest BCUT2D eigenvalue weighted by molar-refractivity contribution is -0.200. The first-order chi connectivity index (χ1) is 21.1. The molecule has 4 rings (SSSR count). The van der Waals surface area contributed by atoms with Crippen molar-refractivity contribution in [1.29, 1.82) is 0 Å². The smallest absolute Gasteiger partial charge is 0.303 e. The summed E-state index contributed by atoms with van der Waals surface area (Å²) in [4.78, 5) is 11.3. The minimum atomic E-state index is -0.708. The van der Waals surface area contributed by atoms with Crippen LogP contribution in [0.4, 0.5) is 0 Å². The van der Waals surface area contributed by atoms with Gasteiger partial charge in [-0.2, -0.15) is 0 Å². The Bertz CT molecular complexity index is 879. The van der Waals surface area contributed by atoms with Crippen molar-refractivity contribution in [3.63, 3.8) is 0 Å². The van der Waals surface area contributed by atoms with Crippen molar-refractivity contribution in [2.24, 2.45) is 58.2 Å². The largest absolute Gasteiger partial charge is 0.481 e. The van der Waals surface area contributed by atoms with Crippen molar-refractivity contribution in [2.45, 2.75) is 155 Å². The third-order valence-electron chi connectivity index (χ3n) is 14.2. The number of fused-ring (bicyclic) bond motifs is 5. The zero-order chi connectivity index (χ0) is 31.9. The zero-order valence-corrected chi connectivity index (χ0v) is 28.7. The monoisotopic (exact) mass is 621 g/mol. The Balaban J connectivity index is 1.39. The molecule has 6 nitrogen and oxygen atoms in total. The van der Waals surface area contributed by atoms with E-state index in [0.29, 0.717) is 60.4 Å². The highest BCUT2D eigenvalue weighted by Crippen LogP contribution is 2.70. The second kappa shape index (κ2) is 16.4. The molecular formula is C38H68O6. The molecule has 0 radical (unpaired) electrons. The highest BCUT2D eigenvalue weighted by Gasteiger charge is 2.65. The summed E-state index contributed by atoms with van der Waals surface area (Å²) >= 11 is 0. The number of carboxylic acid groups (broad SMARTS) is 1. The molecule has 0 bridgehead atoms. The average Bonchev–Trinajstić information content (AvgIpc) is 3.36. The van der Waals surface area contributed by atoms with Crippen molar-refractivity contribution >= 4 is 5.97 Å². The van der Waals surface area contributed by atoms with E-state index in [2.05, 4.69) is 27.7 Å². The van der Waals surface area contributed by atoms with Crippen LogP contribution in [0, 0.1) is 58.2 Å². The van der Waals surface area contributed by atoms with Gasteiger partial charge in [0, 0.05) is 13.0 Å². The maximum absolute atomic E-state index is 12.0. The summed E-state index contributed by atoms with van der Waals surface area (Å²) in [6.07, 6.45) is 19.1. The number of carbonyl (C=O) groups is 1. The average molecular weight is 621 g/mol. The summed E-state index contributed by atoms with van der Waals surface area (Å²) in [5.41, 5.74) is 0.0683. The number of hydrogen-bond donors (Lipinski definition) is 4. The number of rotatable bonds is 18. The third kappa shape index (κ3) is 7.71. The number of aliphatic hydroxyl groups excluding tert-OH is 3. The molecular weight excluding hydrogens is 552 g/mol. The predicted octanol–water partition coefficient (Wildman–Crippen LogP) is 7.86.